The van der Waals surface area contributed by atoms with Gasteiger partial charge < -0.3 is 20.2 Å². The number of nitrogens with zero attached hydrogens (tertiary/aromatic N) is 1. The molecular formula is C12H10F3N3O3. The molecule has 1 heterocycles. The first-order valence-corrected chi connectivity index (χ1v) is 5.59. The Morgan fingerprint density at radius 3 is 2.67 bits per heavy atom. The lowest BCUT2D eigenvalue weighted by Crippen LogP contribution is -2.12. The number of rotatable bonds is 3. The number of methoxy groups -OCH3 is 1. The molecule has 0 fully saturated rings. The minimum Gasteiger partial charge on any atom is -0.487 e. The summed E-state index contributed by atoms with van der Waals surface area (Å²) < 4.78 is 48.6. The third-order valence-corrected chi connectivity index (χ3v) is 2.50. The number of anilines is 1. The molecule has 0 spiro atoms. The molecule has 6 nitrogen and oxygen atoms in total. The third kappa shape index (κ3) is 3.07. The molecule has 0 saturated carbocycles. The molecule has 2 aromatic rings. The van der Waals surface area contributed by atoms with Gasteiger partial charge in [0, 0.05) is 5.69 Å². The van der Waals surface area contributed by atoms with Crippen LogP contribution in [0.2, 0.25) is 0 Å². The molecule has 0 aliphatic rings. The highest BCUT2D eigenvalue weighted by molar-refractivity contribution is 5.50. The maximum Gasteiger partial charge on any atom is 0.420 e. The van der Waals surface area contributed by atoms with Crippen molar-refractivity contribution in [2.24, 2.45) is 0 Å². The monoisotopic (exact) mass is 301 g/mol. The first-order valence-electron chi connectivity index (χ1n) is 5.59. The Balaban J connectivity index is 2.50. The number of aromatic nitrogens is 2. The minimum atomic E-state index is -4.67. The van der Waals surface area contributed by atoms with Crippen LogP contribution in [0.5, 0.6) is 17.4 Å². The average Bonchev–Trinajstić information content (AvgIpc) is 2.40. The summed E-state index contributed by atoms with van der Waals surface area (Å²) >= 11 is 0. The number of hydrogen-bond donors (Lipinski definition) is 2. The van der Waals surface area contributed by atoms with Crippen LogP contribution >= 0.6 is 0 Å². The van der Waals surface area contributed by atoms with Crippen molar-refractivity contribution in [3.8, 4) is 17.4 Å². The summed E-state index contributed by atoms with van der Waals surface area (Å²) in [6.07, 6.45) is -3.68. The van der Waals surface area contributed by atoms with Gasteiger partial charge in [-0.25, -0.2) is 4.98 Å². The summed E-state index contributed by atoms with van der Waals surface area (Å²) in [6.45, 7) is 0. The van der Waals surface area contributed by atoms with Gasteiger partial charge in [0.1, 0.15) is 11.3 Å². The second-order valence-corrected chi connectivity index (χ2v) is 3.93. The zero-order valence-corrected chi connectivity index (χ0v) is 10.7. The number of benzene rings is 1. The van der Waals surface area contributed by atoms with E-state index in [9.17, 15) is 18.0 Å². The molecule has 0 bridgehead atoms. The van der Waals surface area contributed by atoms with Crippen LogP contribution in [0.15, 0.2) is 29.3 Å². The summed E-state index contributed by atoms with van der Waals surface area (Å²) in [4.78, 5) is 17.3. The van der Waals surface area contributed by atoms with Crippen LogP contribution in [0.3, 0.4) is 0 Å². The predicted octanol–water partition coefficient (Wildman–Crippen LogP) is 2.17. The molecule has 3 N–H and O–H groups in total. The fraction of sp³-hybridized carbons (Fsp3) is 0.167. The van der Waals surface area contributed by atoms with E-state index >= 15 is 0 Å². The number of halogens is 3. The van der Waals surface area contributed by atoms with Crippen molar-refractivity contribution in [2.75, 3.05) is 12.8 Å². The molecule has 0 radical (unpaired) electrons. The lowest BCUT2D eigenvalue weighted by Gasteiger charge is -2.14. The fourth-order valence-electron chi connectivity index (χ4n) is 1.59. The van der Waals surface area contributed by atoms with Gasteiger partial charge >= 0.3 is 6.18 Å². The molecule has 9 heteroatoms. The highest BCUT2D eigenvalue weighted by Gasteiger charge is 2.35. The SMILES string of the molecule is COc1c(Oc2ccc(N)cc2C(F)(F)F)nc[nH]c1=O. The molecule has 1 aromatic carbocycles. The fourth-order valence-corrected chi connectivity index (χ4v) is 1.59. The molecule has 0 atom stereocenters. The number of hydrogen-bond acceptors (Lipinski definition) is 5. The van der Waals surface area contributed by atoms with Gasteiger partial charge in [-0.15, -0.1) is 0 Å². The molecule has 1 aromatic heterocycles. The van der Waals surface area contributed by atoms with E-state index in [1.165, 1.54) is 13.2 Å². The Morgan fingerprint density at radius 1 is 1.33 bits per heavy atom. The molecule has 0 aliphatic carbocycles. The predicted molar refractivity (Wildman–Crippen MR) is 67.3 cm³/mol. The zero-order valence-electron chi connectivity index (χ0n) is 10.7. The Morgan fingerprint density at radius 2 is 2.05 bits per heavy atom. The summed E-state index contributed by atoms with van der Waals surface area (Å²) in [5.41, 5.74) is 3.53. The zero-order chi connectivity index (χ0) is 15.6. The number of H-pyrrole nitrogens is 1. The number of ether oxygens (including phenoxy) is 2. The van der Waals surface area contributed by atoms with Crippen LogP contribution in [0.4, 0.5) is 18.9 Å². The van der Waals surface area contributed by atoms with Crippen LogP contribution in [-0.4, -0.2) is 17.1 Å². The van der Waals surface area contributed by atoms with Crippen molar-refractivity contribution in [2.45, 2.75) is 6.18 Å². The second-order valence-electron chi connectivity index (χ2n) is 3.93. The molecule has 0 unspecified atom stereocenters. The maximum atomic E-state index is 12.9. The van der Waals surface area contributed by atoms with Gasteiger partial charge in [0.2, 0.25) is 5.75 Å². The van der Waals surface area contributed by atoms with Crippen LogP contribution in [0.1, 0.15) is 5.56 Å². The van der Waals surface area contributed by atoms with E-state index in [1.54, 1.807) is 0 Å². The Labute approximate surface area is 116 Å². The van der Waals surface area contributed by atoms with E-state index in [0.29, 0.717) is 0 Å². The van der Waals surface area contributed by atoms with E-state index in [0.717, 1.165) is 18.5 Å². The standard InChI is InChI=1S/C12H10F3N3O3/c1-20-9-10(19)17-5-18-11(9)21-8-3-2-6(16)4-7(8)12(13,14)15/h2-5H,16H2,1H3,(H,17,18,19). The van der Waals surface area contributed by atoms with Gasteiger partial charge in [0.05, 0.1) is 13.4 Å². The molecular weight excluding hydrogens is 291 g/mol. The highest BCUT2D eigenvalue weighted by atomic mass is 19.4. The number of nitrogen functional groups attached to an aromatic ring is 1. The van der Waals surface area contributed by atoms with E-state index < -0.39 is 23.0 Å². The molecule has 0 saturated heterocycles. The van der Waals surface area contributed by atoms with Crippen LogP contribution in [0, 0.1) is 0 Å². The van der Waals surface area contributed by atoms with Crippen molar-refractivity contribution < 1.29 is 22.6 Å². The van der Waals surface area contributed by atoms with Crippen molar-refractivity contribution in [1.82, 2.24) is 9.97 Å². The topological polar surface area (TPSA) is 90.2 Å². The van der Waals surface area contributed by atoms with Crippen LogP contribution < -0.4 is 20.8 Å². The van der Waals surface area contributed by atoms with Crippen molar-refractivity contribution in [3.63, 3.8) is 0 Å². The number of nitrogens with two attached hydrogens (primary N) is 1. The van der Waals surface area contributed by atoms with Crippen molar-refractivity contribution in [1.29, 1.82) is 0 Å². The van der Waals surface area contributed by atoms with Gasteiger partial charge in [0.25, 0.3) is 11.4 Å². The summed E-state index contributed by atoms with van der Waals surface area (Å²) in [6, 6.07) is 3.01. The van der Waals surface area contributed by atoms with Crippen LogP contribution in [0.25, 0.3) is 0 Å². The Hall–Kier alpha value is -2.71. The van der Waals surface area contributed by atoms with E-state index in [2.05, 4.69) is 9.97 Å². The third-order valence-electron chi connectivity index (χ3n) is 2.50. The number of nitrogens with one attached hydrogen (secondary N) is 1. The molecule has 0 amide bonds. The van der Waals surface area contributed by atoms with Crippen molar-refractivity contribution >= 4 is 5.69 Å². The Kier molecular flexibility index (Phi) is 3.74. The van der Waals surface area contributed by atoms with E-state index in [1.807, 2.05) is 0 Å². The minimum absolute atomic E-state index is 0.0690. The first-order chi connectivity index (χ1) is 9.82. The van der Waals surface area contributed by atoms with Gasteiger partial charge in [-0.2, -0.15) is 13.2 Å². The van der Waals surface area contributed by atoms with E-state index in [-0.39, 0.29) is 17.3 Å². The first kappa shape index (κ1) is 14.7. The highest BCUT2D eigenvalue weighted by Crippen LogP contribution is 2.39. The molecule has 21 heavy (non-hydrogen) atoms. The number of aromatic amines is 1. The van der Waals surface area contributed by atoms with Crippen LogP contribution in [-0.2, 0) is 6.18 Å². The van der Waals surface area contributed by atoms with Gasteiger partial charge in [-0.1, -0.05) is 0 Å². The second kappa shape index (κ2) is 5.35. The lowest BCUT2D eigenvalue weighted by molar-refractivity contribution is -0.138. The average molecular weight is 301 g/mol. The largest absolute Gasteiger partial charge is 0.487 e. The summed E-state index contributed by atoms with van der Waals surface area (Å²) in [5, 5.41) is 0. The smallest absolute Gasteiger partial charge is 0.420 e. The maximum absolute atomic E-state index is 12.9. The molecule has 0 aliphatic heterocycles. The van der Waals surface area contributed by atoms with Gasteiger partial charge in [0.15, 0.2) is 0 Å². The van der Waals surface area contributed by atoms with Gasteiger partial charge in [-0.3, -0.25) is 4.79 Å². The van der Waals surface area contributed by atoms with E-state index in [4.69, 9.17) is 15.2 Å². The molecule has 112 valence electrons. The Bertz CT molecular complexity index is 713. The molecule has 2 rings (SSSR count). The number of alkyl halides is 3. The quantitative estimate of drug-likeness (QED) is 0.848. The summed E-state index contributed by atoms with van der Waals surface area (Å²) in [5.74, 6) is -1.24. The van der Waals surface area contributed by atoms with Crippen molar-refractivity contribution in [3.05, 3.63) is 40.4 Å². The normalized spacial score (nSPS) is 11.2. The summed E-state index contributed by atoms with van der Waals surface area (Å²) in [7, 11) is 1.17. The lowest BCUT2D eigenvalue weighted by atomic mass is 10.1. The van der Waals surface area contributed by atoms with Gasteiger partial charge in [-0.05, 0) is 18.2 Å².